The average molecular weight is 341 g/mol. The van der Waals surface area contributed by atoms with Gasteiger partial charge >= 0.3 is 5.97 Å². The van der Waals surface area contributed by atoms with Crippen LogP contribution >= 0.6 is 0 Å². The lowest BCUT2D eigenvalue weighted by Gasteiger charge is -2.00. The molecule has 0 aliphatic rings. The van der Waals surface area contributed by atoms with Crippen LogP contribution in [0, 0.1) is 0 Å². The first-order chi connectivity index (χ1) is 7.68. The van der Waals surface area contributed by atoms with E-state index in [1.54, 1.807) is 12.3 Å². The molecule has 0 unspecified atom stereocenters. The number of carboxylic acids is 1. The molecule has 2 aromatic rings. The van der Waals surface area contributed by atoms with Crippen LogP contribution in [0.2, 0.25) is 0 Å². The van der Waals surface area contributed by atoms with Crippen molar-refractivity contribution in [3.63, 3.8) is 0 Å². The second-order valence-corrected chi connectivity index (χ2v) is 3.59. The van der Waals surface area contributed by atoms with Crippen molar-refractivity contribution in [1.82, 2.24) is 0 Å². The predicted molar refractivity (Wildman–Crippen MR) is 60.0 cm³/mol. The number of aryl methyl sites for hydroxylation is 1. The van der Waals surface area contributed by atoms with Crippen LogP contribution in [-0.2, 0) is 7.05 Å². The van der Waals surface area contributed by atoms with Crippen molar-refractivity contribution in [1.29, 1.82) is 0 Å². The van der Waals surface area contributed by atoms with Gasteiger partial charge in [-0.1, -0.05) is 18.2 Å². The summed E-state index contributed by atoms with van der Waals surface area (Å²) < 4.78 is 1.82. The zero-order valence-corrected chi connectivity index (χ0v) is 11.5. The Hall–Kier alpha value is -1.43. The topological polar surface area (TPSA) is 41.2 Å². The lowest BCUT2D eigenvalue weighted by atomic mass is 10.1. The maximum Gasteiger partial charge on any atom is 0.341 e. The van der Waals surface area contributed by atoms with Gasteiger partial charge in [-0.05, 0) is 18.2 Å². The summed E-state index contributed by atoms with van der Waals surface area (Å²) in [6.07, 6.45) is 1.62. The fourth-order valence-electron chi connectivity index (χ4n) is 1.64. The average Bonchev–Trinajstić information content (AvgIpc) is 2.30. The molecule has 0 bridgehead atoms. The summed E-state index contributed by atoms with van der Waals surface area (Å²) in [5.41, 5.74) is 2.36. The normalized spacial score (nSPS) is 9.47. The molecule has 0 atom stereocenters. The molecule has 3 nitrogen and oxygen atoms in total. The summed E-state index contributed by atoms with van der Waals surface area (Å²) in [5.74, 6) is -0.907. The molecule has 0 aliphatic heterocycles. The molecule has 0 radical (unpaired) electrons. The van der Waals surface area contributed by atoms with Gasteiger partial charge in [-0.15, -0.1) is 0 Å². The van der Waals surface area contributed by atoms with E-state index in [0.717, 1.165) is 11.3 Å². The summed E-state index contributed by atoms with van der Waals surface area (Å²) in [4.78, 5) is 10.8. The largest absolute Gasteiger partial charge is 1.00 e. The first kappa shape index (κ1) is 13.6. The van der Waals surface area contributed by atoms with E-state index in [2.05, 4.69) is 0 Å². The lowest BCUT2D eigenvalue weighted by Crippen LogP contribution is -3.00. The van der Waals surface area contributed by atoms with E-state index in [1.165, 1.54) is 0 Å². The van der Waals surface area contributed by atoms with Crippen LogP contribution in [0.25, 0.3) is 11.3 Å². The van der Waals surface area contributed by atoms with Crippen molar-refractivity contribution in [3.05, 3.63) is 54.2 Å². The van der Waals surface area contributed by atoms with Crippen molar-refractivity contribution in [2.45, 2.75) is 0 Å². The number of rotatable bonds is 2. The highest BCUT2D eigenvalue weighted by atomic mass is 127. The number of hydrogen-bond acceptors (Lipinski definition) is 1. The first-order valence-corrected chi connectivity index (χ1v) is 4.97. The predicted octanol–water partition coefficient (Wildman–Crippen LogP) is -1.12. The Labute approximate surface area is 117 Å². The number of halogens is 1. The standard InChI is InChI=1S/C13H11NO2.HI/c1-14-9-11(13(15)16)7-8-12(14)10-5-3-2-4-6-10;/h2-9H,1H3;1H. The van der Waals surface area contributed by atoms with E-state index in [9.17, 15) is 4.79 Å². The Bertz CT molecular complexity index is 526. The zero-order valence-electron chi connectivity index (χ0n) is 9.30. The second-order valence-electron chi connectivity index (χ2n) is 3.59. The minimum absolute atomic E-state index is 0. The summed E-state index contributed by atoms with van der Waals surface area (Å²) in [5, 5.41) is 8.86. The number of hydrogen-bond donors (Lipinski definition) is 1. The molecule has 0 spiro atoms. The maximum absolute atomic E-state index is 10.8. The zero-order chi connectivity index (χ0) is 11.5. The molecule has 1 N–H and O–H groups in total. The highest BCUT2D eigenvalue weighted by Gasteiger charge is 2.13. The number of pyridine rings is 1. The van der Waals surface area contributed by atoms with Gasteiger partial charge in [0.05, 0.1) is 0 Å². The van der Waals surface area contributed by atoms with Crippen LogP contribution in [0.1, 0.15) is 10.4 Å². The van der Waals surface area contributed by atoms with Gasteiger partial charge in [0.25, 0.3) is 0 Å². The summed E-state index contributed by atoms with van der Waals surface area (Å²) in [6.45, 7) is 0. The number of carboxylic acid groups (broad SMARTS) is 1. The lowest BCUT2D eigenvalue weighted by molar-refractivity contribution is -0.660. The van der Waals surface area contributed by atoms with Crippen molar-refractivity contribution in [3.8, 4) is 11.3 Å². The molecule has 17 heavy (non-hydrogen) atoms. The van der Waals surface area contributed by atoms with Crippen molar-refractivity contribution in [2.24, 2.45) is 7.05 Å². The van der Waals surface area contributed by atoms with E-state index < -0.39 is 5.97 Å². The third-order valence-corrected chi connectivity index (χ3v) is 2.45. The monoisotopic (exact) mass is 341 g/mol. The molecule has 4 heteroatoms. The number of aromatic carboxylic acids is 1. The quantitative estimate of drug-likeness (QED) is 0.556. The molecule has 1 heterocycles. The van der Waals surface area contributed by atoms with E-state index >= 15 is 0 Å². The van der Waals surface area contributed by atoms with Crippen LogP contribution in [0.3, 0.4) is 0 Å². The highest BCUT2D eigenvalue weighted by Crippen LogP contribution is 2.14. The maximum atomic E-state index is 10.8. The minimum Gasteiger partial charge on any atom is -1.00 e. The van der Waals surface area contributed by atoms with E-state index in [0.29, 0.717) is 5.56 Å². The Morgan fingerprint density at radius 3 is 2.29 bits per heavy atom. The Kier molecular flexibility index (Phi) is 4.62. The Morgan fingerprint density at radius 2 is 1.76 bits per heavy atom. The summed E-state index contributed by atoms with van der Waals surface area (Å²) >= 11 is 0. The molecule has 0 saturated carbocycles. The molecule has 2 rings (SSSR count). The third-order valence-electron chi connectivity index (χ3n) is 2.45. The molecular weight excluding hydrogens is 329 g/mol. The highest BCUT2D eigenvalue weighted by molar-refractivity contribution is 5.87. The van der Waals surface area contributed by atoms with E-state index in [-0.39, 0.29) is 24.0 Å². The molecule has 0 saturated heterocycles. The van der Waals surface area contributed by atoms with Gasteiger partial charge in [-0.2, -0.15) is 0 Å². The van der Waals surface area contributed by atoms with Gasteiger partial charge in [0.2, 0.25) is 5.69 Å². The summed E-state index contributed by atoms with van der Waals surface area (Å²) in [7, 11) is 1.84. The Balaban J connectivity index is 0.00000144. The van der Waals surface area contributed by atoms with Gasteiger partial charge in [-0.25, -0.2) is 9.36 Å². The van der Waals surface area contributed by atoms with Crippen LogP contribution in [-0.4, -0.2) is 11.1 Å². The van der Waals surface area contributed by atoms with E-state index in [4.69, 9.17) is 5.11 Å². The number of nitrogens with zero attached hydrogens (tertiary/aromatic N) is 1. The molecule has 88 valence electrons. The first-order valence-electron chi connectivity index (χ1n) is 4.97. The van der Waals surface area contributed by atoms with Crippen LogP contribution in [0.5, 0.6) is 0 Å². The van der Waals surface area contributed by atoms with Crippen LogP contribution in [0.15, 0.2) is 48.7 Å². The van der Waals surface area contributed by atoms with Crippen LogP contribution in [0.4, 0.5) is 0 Å². The second kappa shape index (κ2) is 5.77. The molecular formula is C13H12INO2. The van der Waals surface area contributed by atoms with Crippen molar-refractivity contribution < 1.29 is 38.4 Å². The molecule has 0 amide bonds. The number of carbonyl (C=O) groups is 1. The van der Waals surface area contributed by atoms with Gasteiger partial charge in [0, 0.05) is 11.6 Å². The minimum atomic E-state index is -0.907. The van der Waals surface area contributed by atoms with Gasteiger partial charge in [0.1, 0.15) is 12.6 Å². The SMILES string of the molecule is C[n+]1cc(C(=O)O)ccc1-c1ccccc1.[I-]. The number of benzene rings is 1. The Morgan fingerprint density at radius 1 is 1.12 bits per heavy atom. The smallest absolute Gasteiger partial charge is 0.341 e. The summed E-state index contributed by atoms with van der Waals surface area (Å²) in [6, 6.07) is 13.3. The fraction of sp³-hybridized carbons (Fsp3) is 0.0769. The fourth-order valence-corrected chi connectivity index (χ4v) is 1.64. The van der Waals surface area contributed by atoms with Crippen molar-refractivity contribution in [2.75, 3.05) is 0 Å². The van der Waals surface area contributed by atoms with Gasteiger partial charge < -0.3 is 29.1 Å². The van der Waals surface area contributed by atoms with Gasteiger partial charge in [0.15, 0.2) is 6.20 Å². The molecule has 1 aromatic carbocycles. The van der Waals surface area contributed by atoms with Crippen molar-refractivity contribution >= 4 is 5.97 Å². The van der Waals surface area contributed by atoms with E-state index in [1.807, 2.05) is 48.0 Å². The molecule has 0 fully saturated rings. The van der Waals surface area contributed by atoms with Gasteiger partial charge in [-0.3, -0.25) is 0 Å². The van der Waals surface area contributed by atoms with Crippen LogP contribution < -0.4 is 28.5 Å². The number of aromatic nitrogens is 1. The molecule has 1 aromatic heterocycles. The third kappa shape index (κ3) is 3.03. The molecule has 0 aliphatic carbocycles.